The number of nitrogens with one attached hydrogen (secondary N) is 2. The molecule has 114 valence electrons. The number of rotatable bonds is 3. The van der Waals surface area contributed by atoms with Crippen molar-refractivity contribution < 1.29 is 4.79 Å². The maximum atomic E-state index is 12.8. The zero-order valence-electron chi connectivity index (χ0n) is 12.8. The maximum absolute atomic E-state index is 12.8. The average Bonchev–Trinajstić information content (AvgIpc) is 2.77. The zero-order valence-corrected chi connectivity index (χ0v) is 12.8. The van der Waals surface area contributed by atoms with Gasteiger partial charge in [0.05, 0.1) is 5.56 Å². The Morgan fingerprint density at radius 1 is 1.38 bits per heavy atom. The average molecular weight is 288 g/mol. The lowest BCUT2D eigenvalue weighted by atomic mass is 10.1. The maximum Gasteiger partial charge on any atom is 0.257 e. The van der Waals surface area contributed by atoms with Crippen LogP contribution in [0.1, 0.15) is 43.5 Å². The summed E-state index contributed by atoms with van der Waals surface area (Å²) in [5.41, 5.74) is 0.684. The summed E-state index contributed by atoms with van der Waals surface area (Å²) in [6.07, 6.45) is 5.21. The van der Waals surface area contributed by atoms with Gasteiger partial charge in [0, 0.05) is 37.4 Å². The highest BCUT2D eigenvalue weighted by Gasteiger charge is 2.32. The van der Waals surface area contributed by atoms with E-state index in [1.54, 1.807) is 6.20 Å². The van der Waals surface area contributed by atoms with E-state index in [2.05, 4.69) is 29.5 Å². The Morgan fingerprint density at radius 3 is 3.00 bits per heavy atom. The fraction of sp³-hybridized carbons (Fsp3) is 0.625. The first-order valence-electron chi connectivity index (χ1n) is 7.90. The van der Waals surface area contributed by atoms with E-state index in [1.165, 1.54) is 12.8 Å². The van der Waals surface area contributed by atoms with Crippen molar-refractivity contribution in [2.75, 3.05) is 18.4 Å². The van der Waals surface area contributed by atoms with E-state index >= 15 is 0 Å². The molecular weight excluding hydrogens is 264 g/mol. The topological polar surface area (TPSA) is 57.3 Å². The van der Waals surface area contributed by atoms with Crippen LogP contribution in [-0.2, 0) is 0 Å². The second-order valence-electron chi connectivity index (χ2n) is 6.38. The summed E-state index contributed by atoms with van der Waals surface area (Å²) in [5, 5.41) is 6.88. The molecule has 1 amide bonds. The second-order valence-corrected chi connectivity index (χ2v) is 6.38. The Morgan fingerprint density at radius 2 is 2.19 bits per heavy atom. The van der Waals surface area contributed by atoms with Crippen molar-refractivity contribution >= 4 is 11.7 Å². The highest BCUT2D eigenvalue weighted by Crippen LogP contribution is 2.23. The first kappa shape index (κ1) is 14.3. The number of likely N-dealkylation sites (tertiary alicyclic amines) is 1. The normalized spacial score (nSPS) is 25.0. The molecule has 0 radical (unpaired) electrons. The molecule has 3 rings (SSSR count). The lowest BCUT2D eigenvalue weighted by Gasteiger charge is -2.25. The highest BCUT2D eigenvalue weighted by atomic mass is 16.2. The monoisotopic (exact) mass is 288 g/mol. The molecule has 0 aliphatic carbocycles. The van der Waals surface area contributed by atoms with Crippen LogP contribution < -0.4 is 10.6 Å². The van der Waals surface area contributed by atoms with E-state index < -0.39 is 0 Å². The van der Waals surface area contributed by atoms with E-state index in [-0.39, 0.29) is 11.9 Å². The predicted octanol–water partition coefficient (Wildman–Crippen LogP) is 1.87. The number of carbonyl (C=O) groups is 1. The summed E-state index contributed by atoms with van der Waals surface area (Å²) >= 11 is 0. The Hall–Kier alpha value is -1.62. The van der Waals surface area contributed by atoms with E-state index in [9.17, 15) is 4.79 Å². The largest absolute Gasteiger partial charge is 0.367 e. The smallest absolute Gasteiger partial charge is 0.257 e. The van der Waals surface area contributed by atoms with Gasteiger partial charge in [-0.25, -0.2) is 4.98 Å². The molecule has 0 spiro atoms. The molecular formula is C16H24N4O. The standard InChI is InChI=1S/C16H24N4O/c1-11(2)18-15-14(4-3-8-17-15)16(21)20-9-7-12-5-6-13(10-20)19-12/h3-4,8,11-13,19H,5-7,9-10H2,1-2H3,(H,17,18). The summed E-state index contributed by atoms with van der Waals surface area (Å²) in [6.45, 7) is 5.75. The van der Waals surface area contributed by atoms with E-state index in [0.29, 0.717) is 23.5 Å². The third kappa shape index (κ3) is 3.18. The van der Waals surface area contributed by atoms with Crippen molar-refractivity contribution in [3.8, 4) is 0 Å². The molecule has 2 saturated heterocycles. The fourth-order valence-electron chi connectivity index (χ4n) is 3.26. The number of pyridine rings is 1. The van der Waals surface area contributed by atoms with Crippen molar-refractivity contribution in [3.05, 3.63) is 23.9 Å². The summed E-state index contributed by atoms with van der Waals surface area (Å²) < 4.78 is 0. The molecule has 2 N–H and O–H groups in total. The summed E-state index contributed by atoms with van der Waals surface area (Å²) in [4.78, 5) is 19.2. The first-order chi connectivity index (χ1) is 10.1. The molecule has 3 heterocycles. The number of amides is 1. The van der Waals surface area contributed by atoms with Crippen molar-refractivity contribution in [2.45, 2.75) is 51.2 Å². The molecule has 2 bridgehead atoms. The minimum Gasteiger partial charge on any atom is -0.367 e. The first-order valence-corrected chi connectivity index (χ1v) is 7.90. The number of nitrogens with zero attached hydrogens (tertiary/aromatic N) is 2. The molecule has 2 aliphatic rings. The van der Waals surface area contributed by atoms with Crippen LogP contribution >= 0.6 is 0 Å². The Bertz CT molecular complexity index is 517. The molecule has 2 aliphatic heterocycles. The SMILES string of the molecule is CC(C)Nc1ncccc1C(=O)N1CCC2CCC(C1)N2. The minimum atomic E-state index is 0.0978. The van der Waals surface area contributed by atoms with Gasteiger partial charge in [-0.2, -0.15) is 0 Å². The van der Waals surface area contributed by atoms with Gasteiger partial charge in [0.25, 0.3) is 5.91 Å². The van der Waals surface area contributed by atoms with Gasteiger partial charge in [-0.3, -0.25) is 4.79 Å². The molecule has 5 nitrogen and oxygen atoms in total. The molecule has 5 heteroatoms. The summed E-state index contributed by atoms with van der Waals surface area (Å²) in [6, 6.07) is 5.01. The van der Waals surface area contributed by atoms with Crippen LogP contribution in [0, 0.1) is 0 Å². The van der Waals surface area contributed by atoms with E-state index in [0.717, 1.165) is 19.5 Å². The Labute approximate surface area is 126 Å². The van der Waals surface area contributed by atoms with E-state index in [1.807, 2.05) is 17.0 Å². The van der Waals surface area contributed by atoms with E-state index in [4.69, 9.17) is 0 Å². The lowest BCUT2D eigenvalue weighted by Crippen LogP contribution is -2.39. The van der Waals surface area contributed by atoms with Crippen molar-refractivity contribution in [2.24, 2.45) is 0 Å². The van der Waals surface area contributed by atoms with Crippen molar-refractivity contribution in [1.29, 1.82) is 0 Å². The quantitative estimate of drug-likeness (QED) is 0.891. The second kappa shape index (κ2) is 6.02. The molecule has 1 aromatic heterocycles. The molecule has 2 atom stereocenters. The number of fused-ring (bicyclic) bond motifs is 2. The number of hydrogen-bond donors (Lipinski definition) is 2. The molecule has 21 heavy (non-hydrogen) atoms. The molecule has 2 fully saturated rings. The molecule has 0 aromatic carbocycles. The summed E-state index contributed by atoms with van der Waals surface area (Å²) in [5.74, 6) is 0.792. The van der Waals surface area contributed by atoms with Crippen molar-refractivity contribution in [1.82, 2.24) is 15.2 Å². The van der Waals surface area contributed by atoms with Crippen LogP contribution in [0.15, 0.2) is 18.3 Å². The van der Waals surface area contributed by atoms with Crippen LogP contribution in [0.5, 0.6) is 0 Å². The van der Waals surface area contributed by atoms with Gasteiger partial charge < -0.3 is 15.5 Å². The minimum absolute atomic E-state index is 0.0978. The van der Waals surface area contributed by atoms with Crippen LogP contribution in [0.3, 0.4) is 0 Å². The Balaban J connectivity index is 1.78. The van der Waals surface area contributed by atoms with Gasteiger partial charge in [-0.05, 0) is 45.2 Å². The van der Waals surface area contributed by atoms with Gasteiger partial charge >= 0.3 is 0 Å². The molecule has 1 aromatic rings. The lowest BCUT2D eigenvalue weighted by molar-refractivity contribution is 0.0748. The molecule has 0 saturated carbocycles. The molecule has 2 unspecified atom stereocenters. The third-order valence-corrected chi connectivity index (χ3v) is 4.27. The van der Waals surface area contributed by atoms with Crippen LogP contribution in [0.2, 0.25) is 0 Å². The van der Waals surface area contributed by atoms with Crippen LogP contribution in [0.25, 0.3) is 0 Å². The van der Waals surface area contributed by atoms with Crippen LogP contribution in [-0.4, -0.2) is 47.0 Å². The number of aromatic nitrogens is 1. The zero-order chi connectivity index (χ0) is 14.8. The highest BCUT2D eigenvalue weighted by molar-refractivity contribution is 5.98. The van der Waals surface area contributed by atoms with Gasteiger partial charge in [0.15, 0.2) is 0 Å². The number of hydrogen-bond acceptors (Lipinski definition) is 4. The number of anilines is 1. The Kier molecular flexibility index (Phi) is 4.10. The third-order valence-electron chi connectivity index (χ3n) is 4.27. The fourth-order valence-corrected chi connectivity index (χ4v) is 3.26. The van der Waals surface area contributed by atoms with Crippen LogP contribution in [0.4, 0.5) is 5.82 Å². The van der Waals surface area contributed by atoms with Gasteiger partial charge in [-0.15, -0.1) is 0 Å². The number of carbonyl (C=O) groups excluding carboxylic acids is 1. The van der Waals surface area contributed by atoms with Crippen molar-refractivity contribution in [3.63, 3.8) is 0 Å². The van der Waals surface area contributed by atoms with Gasteiger partial charge in [0.1, 0.15) is 5.82 Å². The predicted molar refractivity (Wildman–Crippen MR) is 83.5 cm³/mol. The summed E-state index contributed by atoms with van der Waals surface area (Å²) in [7, 11) is 0. The van der Waals surface area contributed by atoms with Gasteiger partial charge in [-0.1, -0.05) is 0 Å². The van der Waals surface area contributed by atoms with Gasteiger partial charge in [0.2, 0.25) is 0 Å².